The predicted octanol–water partition coefficient (Wildman–Crippen LogP) is 2.98. The first kappa shape index (κ1) is 17.2. The van der Waals surface area contributed by atoms with Crippen LogP contribution in [-0.2, 0) is 12.8 Å². The zero-order chi connectivity index (χ0) is 16.9. The van der Waals surface area contributed by atoms with Crippen LogP contribution in [0.5, 0.6) is 0 Å². The first-order chi connectivity index (χ1) is 11.7. The third-order valence-electron chi connectivity index (χ3n) is 4.36. The lowest BCUT2D eigenvalue weighted by molar-refractivity contribution is 0.0946. The van der Waals surface area contributed by atoms with Crippen molar-refractivity contribution in [2.24, 2.45) is 5.73 Å². The Bertz CT molecular complexity index is 726. The zero-order valence-electron chi connectivity index (χ0n) is 13.7. The number of aromatic nitrogens is 2. The summed E-state index contributed by atoms with van der Waals surface area (Å²) >= 11 is 3.51. The number of benzene rings is 1. The van der Waals surface area contributed by atoms with Gasteiger partial charge in [-0.05, 0) is 63.3 Å². The fourth-order valence-electron chi connectivity index (χ4n) is 3.16. The van der Waals surface area contributed by atoms with E-state index in [1.165, 1.54) is 5.69 Å². The molecule has 3 rings (SSSR count). The highest BCUT2D eigenvalue weighted by atomic mass is 79.9. The van der Waals surface area contributed by atoms with Gasteiger partial charge in [0.15, 0.2) is 5.69 Å². The van der Waals surface area contributed by atoms with Crippen molar-refractivity contribution >= 4 is 21.8 Å². The molecule has 2 aromatic rings. The van der Waals surface area contributed by atoms with Gasteiger partial charge in [-0.2, -0.15) is 5.10 Å². The van der Waals surface area contributed by atoms with E-state index in [9.17, 15) is 4.79 Å². The molecule has 1 aliphatic rings. The summed E-state index contributed by atoms with van der Waals surface area (Å²) in [5, 5.41) is 7.64. The van der Waals surface area contributed by atoms with E-state index in [1.54, 1.807) is 0 Å². The molecule has 1 amide bonds. The highest BCUT2D eigenvalue weighted by molar-refractivity contribution is 9.10. The molecule has 1 aromatic carbocycles. The summed E-state index contributed by atoms with van der Waals surface area (Å²) in [5.74, 6) is -0.0704. The van der Waals surface area contributed by atoms with E-state index in [1.807, 2.05) is 28.9 Å². The normalized spacial score (nSPS) is 13.6. The summed E-state index contributed by atoms with van der Waals surface area (Å²) in [7, 11) is 0. The largest absolute Gasteiger partial charge is 0.351 e. The quantitative estimate of drug-likeness (QED) is 0.744. The van der Waals surface area contributed by atoms with Crippen LogP contribution in [0.3, 0.4) is 0 Å². The van der Waals surface area contributed by atoms with E-state index in [4.69, 9.17) is 5.73 Å². The highest BCUT2D eigenvalue weighted by Gasteiger charge is 2.25. The van der Waals surface area contributed by atoms with E-state index >= 15 is 0 Å². The molecule has 3 N–H and O–H groups in total. The Kier molecular flexibility index (Phi) is 5.68. The van der Waals surface area contributed by atoms with Crippen LogP contribution in [0.15, 0.2) is 28.7 Å². The summed E-state index contributed by atoms with van der Waals surface area (Å²) in [6.07, 6.45) is 5.97. The molecule has 0 fully saturated rings. The van der Waals surface area contributed by atoms with E-state index in [2.05, 4.69) is 26.3 Å². The fourth-order valence-corrected chi connectivity index (χ4v) is 3.54. The van der Waals surface area contributed by atoms with Gasteiger partial charge in [0.2, 0.25) is 0 Å². The Labute approximate surface area is 150 Å². The Morgan fingerprint density at radius 3 is 2.92 bits per heavy atom. The topological polar surface area (TPSA) is 72.9 Å². The molecule has 0 aliphatic heterocycles. The molecule has 0 unspecified atom stereocenters. The average molecular weight is 391 g/mol. The smallest absolute Gasteiger partial charge is 0.272 e. The SMILES string of the molecule is NCCCCNC(=O)c1nn(-c2cccc(Br)c2)c2c1CCCC2. The van der Waals surface area contributed by atoms with Crippen molar-refractivity contribution in [3.63, 3.8) is 0 Å². The van der Waals surface area contributed by atoms with Gasteiger partial charge in [-0.15, -0.1) is 0 Å². The van der Waals surface area contributed by atoms with Gasteiger partial charge >= 0.3 is 0 Å². The molecule has 0 spiro atoms. The van der Waals surface area contributed by atoms with Crippen molar-refractivity contribution in [1.29, 1.82) is 0 Å². The summed E-state index contributed by atoms with van der Waals surface area (Å²) in [6, 6.07) is 8.04. The first-order valence-corrected chi connectivity index (χ1v) is 9.35. The summed E-state index contributed by atoms with van der Waals surface area (Å²) < 4.78 is 2.95. The first-order valence-electron chi connectivity index (χ1n) is 8.55. The van der Waals surface area contributed by atoms with Crippen molar-refractivity contribution in [3.8, 4) is 5.69 Å². The van der Waals surface area contributed by atoms with E-state index < -0.39 is 0 Å². The summed E-state index contributed by atoms with van der Waals surface area (Å²) in [6.45, 7) is 1.30. The second-order valence-corrected chi connectivity index (χ2v) is 7.04. The average Bonchev–Trinajstić information content (AvgIpc) is 2.98. The van der Waals surface area contributed by atoms with Crippen LogP contribution >= 0.6 is 15.9 Å². The minimum absolute atomic E-state index is 0.0704. The number of hydrogen-bond donors (Lipinski definition) is 2. The Morgan fingerprint density at radius 1 is 1.29 bits per heavy atom. The van der Waals surface area contributed by atoms with Crippen LogP contribution in [0.4, 0.5) is 0 Å². The van der Waals surface area contributed by atoms with Crippen molar-refractivity contribution in [3.05, 3.63) is 45.7 Å². The molecular formula is C18H23BrN4O. The molecule has 128 valence electrons. The van der Waals surface area contributed by atoms with Crippen LogP contribution in [0, 0.1) is 0 Å². The monoisotopic (exact) mass is 390 g/mol. The number of rotatable bonds is 6. The van der Waals surface area contributed by atoms with Gasteiger partial charge in [-0.3, -0.25) is 4.79 Å². The maximum Gasteiger partial charge on any atom is 0.272 e. The minimum Gasteiger partial charge on any atom is -0.351 e. The molecule has 1 aromatic heterocycles. The number of amides is 1. The van der Waals surface area contributed by atoms with E-state index in [0.29, 0.717) is 18.8 Å². The summed E-state index contributed by atoms with van der Waals surface area (Å²) in [4.78, 5) is 12.6. The highest BCUT2D eigenvalue weighted by Crippen LogP contribution is 2.27. The van der Waals surface area contributed by atoms with E-state index in [0.717, 1.165) is 54.2 Å². The van der Waals surface area contributed by atoms with Crippen molar-refractivity contribution in [2.75, 3.05) is 13.1 Å². The number of nitrogens with two attached hydrogens (primary N) is 1. The molecule has 1 heterocycles. The number of unbranched alkanes of at least 4 members (excludes halogenated alkanes) is 1. The van der Waals surface area contributed by atoms with E-state index in [-0.39, 0.29) is 5.91 Å². The lowest BCUT2D eigenvalue weighted by Crippen LogP contribution is -2.26. The van der Waals surface area contributed by atoms with Crippen molar-refractivity contribution in [1.82, 2.24) is 15.1 Å². The third kappa shape index (κ3) is 3.70. The van der Waals surface area contributed by atoms with Gasteiger partial charge in [-0.25, -0.2) is 4.68 Å². The van der Waals surface area contributed by atoms with Gasteiger partial charge in [0.1, 0.15) is 0 Å². The molecule has 6 heteroatoms. The number of carbonyl (C=O) groups is 1. The molecule has 0 saturated carbocycles. The molecule has 24 heavy (non-hydrogen) atoms. The van der Waals surface area contributed by atoms with Crippen LogP contribution in [-0.4, -0.2) is 28.8 Å². The van der Waals surface area contributed by atoms with Crippen LogP contribution < -0.4 is 11.1 Å². The van der Waals surface area contributed by atoms with Crippen LogP contribution in [0.1, 0.15) is 47.4 Å². The zero-order valence-corrected chi connectivity index (χ0v) is 15.3. The second-order valence-electron chi connectivity index (χ2n) is 6.12. The second kappa shape index (κ2) is 7.94. The number of carbonyl (C=O) groups excluding carboxylic acids is 1. The molecular weight excluding hydrogens is 368 g/mol. The fraction of sp³-hybridized carbons (Fsp3) is 0.444. The molecule has 0 atom stereocenters. The van der Waals surface area contributed by atoms with Gasteiger partial charge in [0, 0.05) is 22.3 Å². The molecule has 0 radical (unpaired) electrons. The number of nitrogens with one attached hydrogen (secondary N) is 1. The molecule has 1 aliphatic carbocycles. The van der Waals surface area contributed by atoms with Gasteiger partial charge in [-0.1, -0.05) is 22.0 Å². The molecule has 5 nitrogen and oxygen atoms in total. The van der Waals surface area contributed by atoms with Crippen molar-refractivity contribution < 1.29 is 4.79 Å². The van der Waals surface area contributed by atoms with Crippen LogP contribution in [0.25, 0.3) is 5.69 Å². The Hall–Kier alpha value is -1.66. The van der Waals surface area contributed by atoms with Gasteiger partial charge in [0.25, 0.3) is 5.91 Å². The number of nitrogens with zero attached hydrogens (tertiary/aromatic N) is 2. The third-order valence-corrected chi connectivity index (χ3v) is 4.86. The van der Waals surface area contributed by atoms with Gasteiger partial charge < -0.3 is 11.1 Å². The maximum atomic E-state index is 12.6. The number of hydrogen-bond acceptors (Lipinski definition) is 3. The van der Waals surface area contributed by atoms with Crippen LogP contribution in [0.2, 0.25) is 0 Å². The Balaban J connectivity index is 1.89. The lowest BCUT2D eigenvalue weighted by Gasteiger charge is -2.14. The lowest BCUT2D eigenvalue weighted by atomic mass is 9.95. The molecule has 0 saturated heterocycles. The minimum atomic E-state index is -0.0704. The Morgan fingerprint density at radius 2 is 2.12 bits per heavy atom. The number of fused-ring (bicyclic) bond motifs is 1. The molecule has 0 bridgehead atoms. The van der Waals surface area contributed by atoms with Gasteiger partial charge in [0.05, 0.1) is 5.69 Å². The predicted molar refractivity (Wildman–Crippen MR) is 98.5 cm³/mol. The number of halogens is 1. The summed E-state index contributed by atoms with van der Waals surface area (Å²) in [5.41, 5.74) is 9.35. The standard InChI is InChI=1S/C18H23BrN4O/c19-13-6-5-7-14(12-13)23-16-9-2-1-8-15(16)17(22-23)18(24)21-11-4-3-10-20/h5-7,12H,1-4,8-11,20H2,(H,21,24). The van der Waals surface area contributed by atoms with Crippen molar-refractivity contribution in [2.45, 2.75) is 38.5 Å². The maximum absolute atomic E-state index is 12.6.